The number of hydrogen-bond acceptors (Lipinski definition) is 7. The minimum atomic E-state index is 0.380. The molecule has 1 heterocycles. The molecular weight excluding hydrogens is 260 g/mol. The highest BCUT2D eigenvalue weighted by atomic mass is 16.5. The smallest absolute Gasteiger partial charge is 0.158 e. The zero-order valence-corrected chi connectivity index (χ0v) is 12.7. The van der Waals surface area contributed by atoms with Crippen molar-refractivity contribution < 1.29 is 14.2 Å². The molecule has 0 saturated heterocycles. The van der Waals surface area contributed by atoms with Crippen molar-refractivity contribution in [3.05, 3.63) is 11.9 Å². The molecule has 0 spiro atoms. The first-order valence-corrected chi connectivity index (χ1v) is 6.52. The number of aromatic nitrogens is 2. The summed E-state index contributed by atoms with van der Waals surface area (Å²) in [6.07, 6.45) is 0. The lowest BCUT2D eigenvalue weighted by molar-refractivity contribution is 0.177. The van der Waals surface area contributed by atoms with Crippen LogP contribution in [-0.4, -0.2) is 64.6 Å². The summed E-state index contributed by atoms with van der Waals surface area (Å²) in [5.41, 5.74) is 0. The normalized spacial score (nSPS) is 10.6. The molecule has 0 bridgehead atoms. The van der Waals surface area contributed by atoms with Crippen LogP contribution >= 0.6 is 0 Å². The van der Waals surface area contributed by atoms with E-state index in [9.17, 15) is 0 Å². The number of ether oxygens (including phenoxy) is 3. The summed E-state index contributed by atoms with van der Waals surface area (Å²) in [5.74, 6) is 2.25. The van der Waals surface area contributed by atoms with Crippen LogP contribution < -0.4 is 10.2 Å². The van der Waals surface area contributed by atoms with Crippen molar-refractivity contribution in [2.45, 2.75) is 6.61 Å². The van der Waals surface area contributed by atoms with Gasteiger partial charge in [0.25, 0.3) is 0 Å². The van der Waals surface area contributed by atoms with Gasteiger partial charge in [-0.25, -0.2) is 9.97 Å². The molecule has 0 aliphatic rings. The molecule has 7 heteroatoms. The van der Waals surface area contributed by atoms with Crippen LogP contribution in [0.2, 0.25) is 0 Å². The van der Waals surface area contributed by atoms with Crippen LogP contribution in [0.3, 0.4) is 0 Å². The van der Waals surface area contributed by atoms with Gasteiger partial charge in [-0.1, -0.05) is 0 Å². The van der Waals surface area contributed by atoms with E-state index in [4.69, 9.17) is 14.2 Å². The van der Waals surface area contributed by atoms with E-state index in [2.05, 4.69) is 20.2 Å². The van der Waals surface area contributed by atoms with Gasteiger partial charge in [0, 0.05) is 47.5 Å². The molecule has 1 rings (SSSR count). The monoisotopic (exact) mass is 284 g/mol. The largest absolute Gasteiger partial charge is 0.383 e. The molecule has 0 fully saturated rings. The lowest BCUT2D eigenvalue weighted by atomic mass is 10.4. The van der Waals surface area contributed by atoms with E-state index in [0.29, 0.717) is 25.6 Å². The van der Waals surface area contributed by atoms with Gasteiger partial charge in [0.15, 0.2) is 5.82 Å². The van der Waals surface area contributed by atoms with Gasteiger partial charge >= 0.3 is 0 Å². The van der Waals surface area contributed by atoms with Gasteiger partial charge in [-0.2, -0.15) is 0 Å². The SMILES string of the molecule is CNc1cc(N(CCOC)CCOC)nc(COC)n1. The minimum Gasteiger partial charge on any atom is -0.383 e. The fourth-order valence-corrected chi connectivity index (χ4v) is 1.71. The Morgan fingerprint density at radius 2 is 1.70 bits per heavy atom. The van der Waals surface area contributed by atoms with Crippen LogP contribution in [0.15, 0.2) is 6.07 Å². The molecule has 20 heavy (non-hydrogen) atoms. The maximum Gasteiger partial charge on any atom is 0.158 e. The first-order chi connectivity index (χ1) is 9.74. The lowest BCUT2D eigenvalue weighted by Crippen LogP contribution is -2.31. The molecule has 1 N–H and O–H groups in total. The molecule has 0 unspecified atom stereocenters. The Kier molecular flexibility index (Phi) is 7.86. The third-order valence-corrected chi connectivity index (χ3v) is 2.74. The van der Waals surface area contributed by atoms with E-state index in [-0.39, 0.29) is 0 Å². The molecule has 0 amide bonds. The van der Waals surface area contributed by atoms with Crippen LogP contribution in [0.25, 0.3) is 0 Å². The molecule has 0 saturated carbocycles. The molecule has 114 valence electrons. The molecule has 7 nitrogen and oxygen atoms in total. The highest BCUT2D eigenvalue weighted by Crippen LogP contribution is 2.16. The second kappa shape index (κ2) is 9.46. The van der Waals surface area contributed by atoms with Gasteiger partial charge in [0.2, 0.25) is 0 Å². The fraction of sp³-hybridized carbons (Fsp3) is 0.692. The Morgan fingerprint density at radius 1 is 1.05 bits per heavy atom. The summed E-state index contributed by atoms with van der Waals surface area (Å²) < 4.78 is 15.4. The Morgan fingerprint density at radius 3 is 2.20 bits per heavy atom. The van der Waals surface area contributed by atoms with Crippen molar-refractivity contribution in [3.63, 3.8) is 0 Å². The Bertz CT molecular complexity index is 382. The third kappa shape index (κ3) is 5.28. The van der Waals surface area contributed by atoms with Gasteiger partial charge in [0.1, 0.15) is 18.2 Å². The maximum atomic E-state index is 5.14. The number of methoxy groups -OCH3 is 3. The van der Waals surface area contributed by atoms with E-state index in [1.165, 1.54) is 0 Å². The van der Waals surface area contributed by atoms with Crippen LogP contribution in [0.1, 0.15) is 5.82 Å². The van der Waals surface area contributed by atoms with Crippen molar-refractivity contribution in [1.29, 1.82) is 0 Å². The van der Waals surface area contributed by atoms with Gasteiger partial charge < -0.3 is 24.4 Å². The second-order valence-corrected chi connectivity index (χ2v) is 4.18. The number of nitrogens with zero attached hydrogens (tertiary/aromatic N) is 3. The van der Waals surface area contributed by atoms with Crippen molar-refractivity contribution in [2.24, 2.45) is 0 Å². The zero-order valence-electron chi connectivity index (χ0n) is 12.7. The molecule has 0 radical (unpaired) electrons. The predicted octanol–water partition coefficient (Wildman–Crippen LogP) is 0.764. The van der Waals surface area contributed by atoms with Crippen molar-refractivity contribution in [2.75, 3.05) is 64.9 Å². The molecule has 1 aromatic rings. The topological polar surface area (TPSA) is 68.7 Å². The summed E-state index contributed by atoms with van der Waals surface area (Å²) in [5, 5.41) is 3.04. The average molecular weight is 284 g/mol. The molecular formula is C13H24N4O3. The van der Waals surface area contributed by atoms with Crippen LogP contribution in [0, 0.1) is 0 Å². The highest BCUT2D eigenvalue weighted by molar-refractivity contribution is 5.49. The number of rotatable bonds is 10. The van der Waals surface area contributed by atoms with Crippen LogP contribution in [-0.2, 0) is 20.8 Å². The molecule has 0 aliphatic carbocycles. The van der Waals surface area contributed by atoms with Crippen molar-refractivity contribution in [1.82, 2.24) is 9.97 Å². The number of nitrogens with one attached hydrogen (secondary N) is 1. The molecule has 0 aromatic carbocycles. The van der Waals surface area contributed by atoms with E-state index in [1.54, 1.807) is 21.3 Å². The van der Waals surface area contributed by atoms with Gasteiger partial charge in [-0.05, 0) is 0 Å². The first kappa shape index (κ1) is 16.6. The standard InChI is InChI=1S/C13H24N4O3/c1-14-11-9-13(16-12(15-11)10-20-4)17(5-7-18-2)6-8-19-3/h9H,5-8,10H2,1-4H3,(H,14,15,16). The average Bonchev–Trinajstić information content (AvgIpc) is 2.47. The lowest BCUT2D eigenvalue weighted by Gasteiger charge is -2.23. The van der Waals surface area contributed by atoms with Crippen molar-refractivity contribution in [3.8, 4) is 0 Å². The number of hydrogen-bond donors (Lipinski definition) is 1. The third-order valence-electron chi connectivity index (χ3n) is 2.74. The molecule has 0 atom stereocenters. The van der Waals surface area contributed by atoms with Gasteiger partial charge in [0.05, 0.1) is 13.2 Å². The van der Waals surface area contributed by atoms with E-state index >= 15 is 0 Å². The Balaban J connectivity index is 2.93. The summed E-state index contributed by atoms with van der Waals surface area (Å²) in [4.78, 5) is 11.0. The summed E-state index contributed by atoms with van der Waals surface area (Å²) >= 11 is 0. The summed E-state index contributed by atoms with van der Waals surface area (Å²) in [6.45, 7) is 3.12. The van der Waals surface area contributed by atoms with E-state index < -0.39 is 0 Å². The maximum absolute atomic E-state index is 5.14. The van der Waals surface area contributed by atoms with Crippen molar-refractivity contribution >= 4 is 11.6 Å². The van der Waals surface area contributed by atoms with Crippen LogP contribution in [0.4, 0.5) is 11.6 Å². The summed E-state index contributed by atoms with van der Waals surface area (Å²) in [7, 11) is 6.83. The summed E-state index contributed by atoms with van der Waals surface area (Å²) in [6, 6.07) is 1.91. The zero-order chi connectivity index (χ0) is 14.8. The minimum absolute atomic E-state index is 0.380. The van der Waals surface area contributed by atoms with Crippen LogP contribution in [0.5, 0.6) is 0 Å². The molecule has 1 aromatic heterocycles. The predicted molar refractivity (Wildman–Crippen MR) is 78.3 cm³/mol. The van der Waals surface area contributed by atoms with Gasteiger partial charge in [-0.15, -0.1) is 0 Å². The second-order valence-electron chi connectivity index (χ2n) is 4.18. The van der Waals surface area contributed by atoms with Gasteiger partial charge in [-0.3, -0.25) is 0 Å². The number of anilines is 2. The fourth-order valence-electron chi connectivity index (χ4n) is 1.71. The van der Waals surface area contributed by atoms with E-state index in [1.807, 2.05) is 13.1 Å². The highest BCUT2D eigenvalue weighted by Gasteiger charge is 2.11. The Hall–Kier alpha value is -1.44. The van der Waals surface area contributed by atoms with E-state index in [0.717, 1.165) is 24.7 Å². The quantitative estimate of drug-likeness (QED) is 0.680. The first-order valence-electron chi connectivity index (χ1n) is 6.52. The Labute approximate surface area is 120 Å². The molecule has 0 aliphatic heterocycles.